The van der Waals surface area contributed by atoms with E-state index in [1.807, 2.05) is 33.8 Å². The maximum Gasteiger partial charge on any atom is 0.472 e. The van der Waals surface area contributed by atoms with Gasteiger partial charge in [0.1, 0.15) is 17.9 Å². The van der Waals surface area contributed by atoms with Crippen molar-refractivity contribution in [3.63, 3.8) is 0 Å². The summed E-state index contributed by atoms with van der Waals surface area (Å²) in [6, 6.07) is 3.64. The molecule has 10 nitrogen and oxygen atoms in total. The molecular formula is C17H28N5O5P. The van der Waals surface area contributed by atoms with Gasteiger partial charge in [0.15, 0.2) is 5.82 Å². The van der Waals surface area contributed by atoms with Crippen molar-refractivity contribution in [2.45, 2.75) is 51.9 Å². The molecule has 156 valence electrons. The van der Waals surface area contributed by atoms with Gasteiger partial charge in [-0.3, -0.25) is 9.05 Å². The number of aromatic nitrogens is 3. The Bertz CT molecular complexity index is 894. The van der Waals surface area contributed by atoms with E-state index in [0.29, 0.717) is 17.8 Å². The van der Waals surface area contributed by atoms with Crippen LogP contribution in [0.15, 0.2) is 18.5 Å². The predicted octanol–water partition coefficient (Wildman–Crippen LogP) is 2.04. The molecule has 4 atom stereocenters. The molecule has 1 aliphatic heterocycles. The molecule has 0 radical (unpaired) electrons. The number of anilines is 1. The van der Waals surface area contributed by atoms with Gasteiger partial charge in [-0.15, -0.1) is 0 Å². The SMILES string of the molecule is CC(C)(C)COP(=O)(O)OCC1CC(C)(N)C(c2ccc3c(N)ncnn23)O1. The standard InChI is InChI=1S/C17H28N5O5P/c1-16(2,3)9-26-28(23,24)25-8-11-7-17(4,19)14(27-11)12-5-6-13-15(18)20-10-21-22(12)13/h5-6,10-11,14H,7-9,19H2,1-4H3,(H,23,24)(H2,18,20,21). The zero-order valence-electron chi connectivity index (χ0n) is 16.5. The molecule has 11 heteroatoms. The van der Waals surface area contributed by atoms with Crippen molar-refractivity contribution < 1.29 is 23.2 Å². The summed E-state index contributed by atoms with van der Waals surface area (Å²) in [7, 11) is -4.17. The number of phosphoric ester groups is 1. The van der Waals surface area contributed by atoms with Gasteiger partial charge in [-0.05, 0) is 30.9 Å². The van der Waals surface area contributed by atoms with Gasteiger partial charge < -0.3 is 21.1 Å². The largest absolute Gasteiger partial charge is 0.472 e. The van der Waals surface area contributed by atoms with Gasteiger partial charge in [0.25, 0.3) is 0 Å². The topological polar surface area (TPSA) is 147 Å². The van der Waals surface area contributed by atoms with Crippen molar-refractivity contribution in [3.8, 4) is 0 Å². The van der Waals surface area contributed by atoms with Gasteiger partial charge >= 0.3 is 7.82 Å². The second-order valence-corrected chi connectivity index (χ2v) is 10.1. The van der Waals surface area contributed by atoms with Crippen LogP contribution in [-0.2, 0) is 18.3 Å². The normalized spacial score (nSPS) is 27.9. The summed E-state index contributed by atoms with van der Waals surface area (Å²) in [6.45, 7) is 7.54. The van der Waals surface area contributed by atoms with Gasteiger partial charge in [0, 0.05) is 5.54 Å². The van der Waals surface area contributed by atoms with E-state index >= 15 is 0 Å². The lowest BCUT2D eigenvalue weighted by molar-refractivity contribution is -0.00476. The number of nitrogens with zero attached hydrogens (tertiary/aromatic N) is 3. The third-order valence-electron chi connectivity index (χ3n) is 4.46. The monoisotopic (exact) mass is 413 g/mol. The number of phosphoric acid groups is 1. The first kappa shape index (κ1) is 21.2. The van der Waals surface area contributed by atoms with Crippen LogP contribution in [0, 0.1) is 5.41 Å². The first-order chi connectivity index (χ1) is 12.9. The van der Waals surface area contributed by atoms with Crippen LogP contribution in [0.4, 0.5) is 5.82 Å². The zero-order valence-corrected chi connectivity index (χ0v) is 17.4. The second kappa shape index (κ2) is 7.37. The van der Waals surface area contributed by atoms with E-state index in [-0.39, 0.29) is 18.6 Å². The molecule has 1 saturated heterocycles. The quantitative estimate of drug-likeness (QED) is 0.605. The zero-order chi connectivity index (χ0) is 20.7. The van der Waals surface area contributed by atoms with E-state index in [1.165, 1.54) is 6.33 Å². The fourth-order valence-electron chi connectivity index (χ4n) is 3.16. The molecule has 5 N–H and O–H groups in total. The smallest absolute Gasteiger partial charge is 0.382 e. The molecule has 0 bridgehead atoms. The van der Waals surface area contributed by atoms with Crippen LogP contribution in [0.1, 0.15) is 45.9 Å². The summed E-state index contributed by atoms with van der Waals surface area (Å²) in [4.78, 5) is 13.9. The average Bonchev–Trinajstić information content (AvgIpc) is 3.12. The molecule has 0 aliphatic carbocycles. The molecule has 0 saturated carbocycles. The third kappa shape index (κ3) is 4.71. The van der Waals surface area contributed by atoms with Crippen molar-refractivity contribution in [3.05, 3.63) is 24.2 Å². The highest BCUT2D eigenvalue weighted by Crippen LogP contribution is 2.47. The number of nitrogens with two attached hydrogens (primary N) is 2. The van der Waals surface area contributed by atoms with E-state index in [4.69, 9.17) is 25.3 Å². The number of hydrogen-bond acceptors (Lipinski definition) is 8. The molecule has 0 spiro atoms. The molecular weight excluding hydrogens is 385 g/mol. The molecule has 1 fully saturated rings. The first-order valence-electron chi connectivity index (χ1n) is 9.02. The molecule has 2 aromatic rings. The van der Waals surface area contributed by atoms with Crippen LogP contribution in [0.2, 0.25) is 0 Å². The molecule has 0 amide bonds. The van der Waals surface area contributed by atoms with Crippen LogP contribution in [0.3, 0.4) is 0 Å². The maximum absolute atomic E-state index is 12.1. The Morgan fingerprint density at radius 1 is 1.43 bits per heavy atom. The Hall–Kier alpha value is -1.55. The second-order valence-electron chi connectivity index (χ2n) is 8.65. The van der Waals surface area contributed by atoms with Crippen LogP contribution in [0.5, 0.6) is 0 Å². The lowest BCUT2D eigenvalue weighted by Crippen LogP contribution is -2.39. The number of hydrogen-bond donors (Lipinski definition) is 3. The van der Waals surface area contributed by atoms with Crippen molar-refractivity contribution in [2.75, 3.05) is 18.9 Å². The van der Waals surface area contributed by atoms with Crippen LogP contribution in [0.25, 0.3) is 5.52 Å². The Balaban J connectivity index is 1.69. The van der Waals surface area contributed by atoms with Gasteiger partial charge in [0.2, 0.25) is 0 Å². The van der Waals surface area contributed by atoms with Gasteiger partial charge in [-0.1, -0.05) is 20.8 Å². The van der Waals surface area contributed by atoms with Crippen molar-refractivity contribution in [2.24, 2.45) is 11.1 Å². The van der Waals surface area contributed by atoms with Crippen molar-refractivity contribution >= 4 is 19.2 Å². The average molecular weight is 413 g/mol. The number of rotatable bonds is 6. The molecule has 28 heavy (non-hydrogen) atoms. The van der Waals surface area contributed by atoms with Crippen LogP contribution < -0.4 is 11.5 Å². The van der Waals surface area contributed by atoms with E-state index in [1.54, 1.807) is 10.6 Å². The fraction of sp³-hybridized carbons (Fsp3) is 0.647. The maximum atomic E-state index is 12.1. The summed E-state index contributed by atoms with van der Waals surface area (Å²) >= 11 is 0. The summed E-state index contributed by atoms with van der Waals surface area (Å²) in [5.74, 6) is 0.357. The number of fused-ring (bicyclic) bond motifs is 1. The van der Waals surface area contributed by atoms with E-state index in [2.05, 4.69) is 10.1 Å². The molecule has 1 aliphatic rings. The Kier molecular flexibility index (Phi) is 5.57. The minimum atomic E-state index is -4.17. The number of ether oxygens (including phenoxy) is 1. The van der Waals surface area contributed by atoms with Gasteiger partial charge in [-0.25, -0.2) is 14.1 Å². The van der Waals surface area contributed by atoms with Crippen molar-refractivity contribution in [1.82, 2.24) is 14.6 Å². The predicted molar refractivity (Wildman–Crippen MR) is 103 cm³/mol. The third-order valence-corrected chi connectivity index (χ3v) is 5.39. The lowest BCUT2D eigenvalue weighted by atomic mass is 9.91. The Morgan fingerprint density at radius 2 is 2.14 bits per heavy atom. The molecule has 4 unspecified atom stereocenters. The lowest BCUT2D eigenvalue weighted by Gasteiger charge is -2.24. The fourth-order valence-corrected chi connectivity index (χ4v) is 4.14. The first-order valence-corrected chi connectivity index (χ1v) is 10.5. The Labute approximate surface area is 163 Å². The molecule has 3 heterocycles. The summed E-state index contributed by atoms with van der Waals surface area (Å²) in [5.41, 5.74) is 12.7. The molecule has 0 aromatic carbocycles. The van der Waals surface area contributed by atoms with E-state index < -0.39 is 25.6 Å². The summed E-state index contributed by atoms with van der Waals surface area (Å²) in [5, 5.41) is 4.22. The minimum absolute atomic E-state index is 0.0980. The van der Waals surface area contributed by atoms with Crippen LogP contribution >= 0.6 is 7.82 Å². The highest BCUT2D eigenvalue weighted by molar-refractivity contribution is 7.47. The van der Waals surface area contributed by atoms with Crippen molar-refractivity contribution in [1.29, 1.82) is 0 Å². The highest BCUT2D eigenvalue weighted by Gasteiger charge is 2.45. The Morgan fingerprint density at radius 3 is 2.82 bits per heavy atom. The van der Waals surface area contributed by atoms with Gasteiger partial charge in [0.05, 0.1) is 25.0 Å². The summed E-state index contributed by atoms with van der Waals surface area (Å²) in [6.07, 6.45) is 0.837. The van der Waals surface area contributed by atoms with E-state index in [0.717, 1.165) is 5.69 Å². The summed E-state index contributed by atoms with van der Waals surface area (Å²) < 4.78 is 30.0. The molecule has 3 rings (SSSR count). The van der Waals surface area contributed by atoms with Gasteiger partial charge in [-0.2, -0.15) is 5.10 Å². The molecule has 2 aromatic heterocycles. The number of nitrogen functional groups attached to an aromatic ring is 1. The minimum Gasteiger partial charge on any atom is -0.382 e. The van der Waals surface area contributed by atoms with E-state index in [9.17, 15) is 9.46 Å². The van der Waals surface area contributed by atoms with Crippen LogP contribution in [-0.4, -0.2) is 44.3 Å². The highest BCUT2D eigenvalue weighted by atomic mass is 31.2.